The number of hydrogen-bond donors (Lipinski definition) is 0. The zero-order valence-electron chi connectivity index (χ0n) is 34.8. The summed E-state index contributed by atoms with van der Waals surface area (Å²) in [5.74, 6) is 0. The van der Waals surface area contributed by atoms with E-state index in [0.717, 1.165) is 59.8 Å². The molecule has 0 aromatic heterocycles. The molecule has 0 amide bonds. The normalized spacial score (nSPS) is 13.3. The first-order chi connectivity index (χ1) is 30.7. The lowest BCUT2D eigenvalue weighted by Crippen LogP contribution is -2.10. The summed E-state index contributed by atoms with van der Waals surface area (Å²) in [6, 6.07) is 74.9. The standard InChI is InChI=1S/C60H48N2/c1-5-13-45(14-6-1)49-21-33-55(34-22-49)61(56-35-23-50(24-36-56)46-15-7-2-8-16-46)59-41-29-53(30-42-59)54-31-43-60(44-32-54)62(57-37-25-51(26-38-57)47-17-9-3-10-18-47)58-39-27-52(28-40-58)48-19-11-4-12-20-48/h1,3,5-7,9-11,13-44H,2,4,8,12H2. The van der Waals surface area contributed by atoms with Crippen molar-refractivity contribution >= 4 is 45.3 Å². The molecule has 0 atom stereocenters. The van der Waals surface area contributed by atoms with Crippen LogP contribution in [0.2, 0.25) is 0 Å². The maximum atomic E-state index is 2.35. The van der Waals surface area contributed by atoms with Gasteiger partial charge in [0.15, 0.2) is 0 Å². The summed E-state index contributed by atoms with van der Waals surface area (Å²) in [7, 11) is 0. The fraction of sp³-hybridized carbons (Fsp3) is 0.0667. The van der Waals surface area contributed by atoms with E-state index in [1.54, 1.807) is 0 Å². The van der Waals surface area contributed by atoms with Crippen molar-refractivity contribution in [3.8, 4) is 33.4 Å². The Labute approximate surface area is 366 Å². The molecule has 0 fully saturated rings. The van der Waals surface area contributed by atoms with Gasteiger partial charge in [-0.3, -0.25) is 0 Å². The molecule has 0 aliphatic heterocycles. The Morgan fingerprint density at radius 3 is 0.710 bits per heavy atom. The molecule has 0 saturated carbocycles. The van der Waals surface area contributed by atoms with E-state index < -0.39 is 0 Å². The van der Waals surface area contributed by atoms with E-state index in [2.05, 4.69) is 253 Å². The summed E-state index contributed by atoms with van der Waals surface area (Å²) in [5.41, 5.74) is 18.9. The number of nitrogens with zero attached hydrogens (tertiary/aromatic N) is 2. The van der Waals surface area contributed by atoms with Crippen LogP contribution in [-0.2, 0) is 0 Å². The number of allylic oxidation sites excluding steroid dienone is 8. The van der Waals surface area contributed by atoms with Crippen molar-refractivity contribution in [1.29, 1.82) is 0 Å². The van der Waals surface area contributed by atoms with E-state index in [1.165, 1.54) is 55.7 Å². The molecular weight excluding hydrogens is 749 g/mol. The fourth-order valence-corrected chi connectivity index (χ4v) is 8.63. The number of benzene rings is 8. The third-order valence-corrected chi connectivity index (χ3v) is 12.0. The number of anilines is 6. The number of hydrogen-bond acceptors (Lipinski definition) is 2. The van der Waals surface area contributed by atoms with Gasteiger partial charge >= 0.3 is 0 Å². The van der Waals surface area contributed by atoms with Crippen molar-refractivity contribution in [2.75, 3.05) is 9.80 Å². The molecule has 0 spiro atoms. The molecule has 298 valence electrons. The minimum atomic E-state index is 1.09. The Balaban J connectivity index is 0.954. The molecule has 2 aliphatic carbocycles. The lowest BCUT2D eigenvalue weighted by atomic mass is 9.99. The smallest absolute Gasteiger partial charge is 0.0462 e. The lowest BCUT2D eigenvalue weighted by molar-refractivity contribution is 1.04. The highest BCUT2D eigenvalue weighted by molar-refractivity contribution is 5.84. The second kappa shape index (κ2) is 17.9. The van der Waals surface area contributed by atoms with Crippen LogP contribution in [0, 0.1) is 0 Å². The second-order valence-corrected chi connectivity index (χ2v) is 16.0. The summed E-state index contributed by atoms with van der Waals surface area (Å²) in [5, 5.41) is 0. The van der Waals surface area contributed by atoms with Crippen molar-refractivity contribution in [2.45, 2.75) is 25.7 Å². The number of rotatable bonds is 11. The first-order valence-corrected chi connectivity index (χ1v) is 21.8. The van der Waals surface area contributed by atoms with Gasteiger partial charge in [-0.25, -0.2) is 0 Å². The van der Waals surface area contributed by atoms with Crippen molar-refractivity contribution < 1.29 is 0 Å². The molecule has 8 aromatic carbocycles. The van der Waals surface area contributed by atoms with Gasteiger partial charge in [-0.1, -0.05) is 170 Å². The second-order valence-electron chi connectivity index (χ2n) is 16.0. The molecule has 0 radical (unpaired) electrons. The van der Waals surface area contributed by atoms with E-state index in [4.69, 9.17) is 0 Å². The van der Waals surface area contributed by atoms with Gasteiger partial charge in [0.25, 0.3) is 0 Å². The zero-order valence-corrected chi connectivity index (χ0v) is 34.8. The molecule has 10 rings (SSSR count). The largest absolute Gasteiger partial charge is 0.311 e. The van der Waals surface area contributed by atoms with E-state index >= 15 is 0 Å². The van der Waals surface area contributed by atoms with Gasteiger partial charge in [-0.05, 0) is 154 Å². The van der Waals surface area contributed by atoms with Gasteiger partial charge in [0.2, 0.25) is 0 Å². The monoisotopic (exact) mass is 796 g/mol. The summed E-state index contributed by atoms with van der Waals surface area (Å²) in [6.07, 6.45) is 18.1. The Hall–Kier alpha value is -7.68. The summed E-state index contributed by atoms with van der Waals surface area (Å²) in [6.45, 7) is 0. The van der Waals surface area contributed by atoms with Crippen LogP contribution in [0.25, 0.3) is 44.5 Å². The Kier molecular flexibility index (Phi) is 11.1. The molecular formula is C60H48N2. The van der Waals surface area contributed by atoms with Crippen LogP contribution in [0.15, 0.2) is 243 Å². The van der Waals surface area contributed by atoms with Gasteiger partial charge in [0, 0.05) is 34.1 Å². The molecule has 0 saturated heterocycles. The molecule has 2 nitrogen and oxygen atoms in total. The molecule has 2 aliphatic rings. The first kappa shape index (κ1) is 38.5. The van der Waals surface area contributed by atoms with Crippen LogP contribution in [0.3, 0.4) is 0 Å². The maximum absolute atomic E-state index is 2.35. The van der Waals surface area contributed by atoms with Crippen LogP contribution in [0.1, 0.15) is 36.8 Å². The molecule has 0 unspecified atom stereocenters. The molecule has 0 N–H and O–H groups in total. The lowest BCUT2D eigenvalue weighted by Gasteiger charge is -2.27. The molecule has 8 aromatic rings. The minimum Gasteiger partial charge on any atom is -0.311 e. The van der Waals surface area contributed by atoms with Gasteiger partial charge in [0.1, 0.15) is 0 Å². The molecule has 0 bridgehead atoms. The Morgan fingerprint density at radius 1 is 0.226 bits per heavy atom. The summed E-state index contributed by atoms with van der Waals surface area (Å²) < 4.78 is 0. The predicted molar refractivity (Wildman–Crippen MR) is 265 cm³/mol. The molecule has 62 heavy (non-hydrogen) atoms. The SMILES string of the molecule is C1=CC(c2ccc(N(c3ccc(-c4ccccc4)cc3)c3ccc(-c4ccc(N(c5ccc(C6=CCCC=C6)cc5)c5ccc(-c6ccccc6)cc5)cc4)cc3)cc2)=CCC1. The Morgan fingerprint density at radius 2 is 0.468 bits per heavy atom. The summed E-state index contributed by atoms with van der Waals surface area (Å²) in [4.78, 5) is 4.70. The van der Waals surface area contributed by atoms with Crippen LogP contribution in [-0.4, -0.2) is 0 Å². The highest BCUT2D eigenvalue weighted by Gasteiger charge is 2.17. The van der Waals surface area contributed by atoms with Crippen molar-refractivity contribution in [3.63, 3.8) is 0 Å². The van der Waals surface area contributed by atoms with Gasteiger partial charge in [-0.2, -0.15) is 0 Å². The van der Waals surface area contributed by atoms with Crippen molar-refractivity contribution in [2.24, 2.45) is 0 Å². The van der Waals surface area contributed by atoms with Crippen molar-refractivity contribution in [1.82, 2.24) is 0 Å². The minimum absolute atomic E-state index is 1.09. The van der Waals surface area contributed by atoms with E-state index in [1.807, 2.05) is 0 Å². The molecule has 2 heteroatoms. The van der Waals surface area contributed by atoms with Gasteiger partial charge < -0.3 is 9.80 Å². The van der Waals surface area contributed by atoms with Crippen molar-refractivity contribution in [3.05, 3.63) is 254 Å². The highest BCUT2D eigenvalue weighted by Crippen LogP contribution is 2.40. The fourth-order valence-electron chi connectivity index (χ4n) is 8.63. The quantitative estimate of drug-likeness (QED) is 0.129. The van der Waals surface area contributed by atoms with Gasteiger partial charge in [0.05, 0.1) is 0 Å². The van der Waals surface area contributed by atoms with E-state index in [-0.39, 0.29) is 0 Å². The third kappa shape index (κ3) is 8.37. The molecule has 0 heterocycles. The van der Waals surface area contributed by atoms with E-state index in [0.29, 0.717) is 0 Å². The average molecular weight is 797 g/mol. The van der Waals surface area contributed by atoms with Gasteiger partial charge in [-0.15, -0.1) is 0 Å². The first-order valence-electron chi connectivity index (χ1n) is 21.8. The van der Waals surface area contributed by atoms with E-state index in [9.17, 15) is 0 Å². The topological polar surface area (TPSA) is 6.48 Å². The highest BCUT2D eigenvalue weighted by atomic mass is 15.1. The Bertz CT molecular complexity index is 2660. The van der Waals surface area contributed by atoms with Crippen LogP contribution in [0.5, 0.6) is 0 Å². The summed E-state index contributed by atoms with van der Waals surface area (Å²) >= 11 is 0. The van der Waals surface area contributed by atoms with Crippen LogP contribution in [0.4, 0.5) is 34.1 Å². The van der Waals surface area contributed by atoms with Crippen LogP contribution >= 0.6 is 0 Å². The van der Waals surface area contributed by atoms with Crippen LogP contribution < -0.4 is 9.80 Å². The maximum Gasteiger partial charge on any atom is 0.0462 e. The third-order valence-electron chi connectivity index (χ3n) is 12.0. The zero-order chi connectivity index (χ0) is 41.5. The predicted octanol–water partition coefficient (Wildman–Crippen LogP) is 17.1. The average Bonchev–Trinajstić information content (AvgIpc) is 3.36.